The summed E-state index contributed by atoms with van der Waals surface area (Å²) in [7, 11) is 0. The fourth-order valence-electron chi connectivity index (χ4n) is 8.90. The van der Waals surface area contributed by atoms with E-state index in [9.17, 15) is 0 Å². The van der Waals surface area contributed by atoms with Crippen molar-refractivity contribution in [2.45, 2.75) is 78.1 Å². The first-order chi connectivity index (χ1) is 27.8. The second-order valence-electron chi connectivity index (χ2n) is 17.1. The zero-order chi connectivity index (χ0) is 40.7. The van der Waals surface area contributed by atoms with E-state index in [2.05, 4.69) is 148 Å². The van der Waals surface area contributed by atoms with Crippen molar-refractivity contribution in [2.75, 3.05) is 9.80 Å². The summed E-state index contributed by atoms with van der Waals surface area (Å²) < 4.78 is 30.7. The molecule has 3 aromatic heterocycles. The first kappa shape index (κ1) is 37.3. The molecule has 8 aromatic rings. The molecular weight excluding hydrogens is 723 g/mol. The predicted molar refractivity (Wildman–Crippen MR) is 234 cm³/mol. The molecule has 6 nitrogen and oxygen atoms in total. The van der Waals surface area contributed by atoms with Crippen LogP contribution < -0.4 is 9.80 Å². The first-order valence-corrected chi connectivity index (χ1v) is 20.0. The minimum absolute atomic E-state index is 0.211. The molecular formula is C50H46F2N6. The Bertz CT molecular complexity index is 2720. The monoisotopic (exact) mass is 768 g/mol. The van der Waals surface area contributed by atoms with Gasteiger partial charge in [0.1, 0.15) is 11.0 Å². The largest absolute Gasteiger partial charge is 0.308 e. The summed E-state index contributed by atoms with van der Waals surface area (Å²) in [6.45, 7) is 17.9. The van der Waals surface area contributed by atoms with Gasteiger partial charge in [0.25, 0.3) is 11.9 Å². The van der Waals surface area contributed by atoms with Gasteiger partial charge in [-0.05, 0) is 70.5 Å². The Hall–Kier alpha value is -6.28. The zero-order valence-corrected chi connectivity index (χ0v) is 34.1. The zero-order valence-electron chi connectivity index (χ0n) is 34.1. The van der Waals surface area contributed by atoms with Crippen molar-refractivity contribution in [1.82, 2.24) is 19.9 Å². The molecule has 0 spiro atoms. The number of hydrogen-bond donors (Lipinski definition) is 0. The summed E-state index contributed by atoms with van der Waals surface area (Å²) >= 11 is 0. The third-order valence-electron chi connectivity index (χ3n) is 12.6. The Morgan fingerprint density at radius 3 is 1.47 bits per heavy atom. The number of nitrogens with zero attached hydrogens (tertiary/aromatic N) is 6. The van der Waals surface area contributed by atoms with Crippen molar-refractivity contribution in [2.24, 2.45) is 0 Å². The van der Waals surface area contributed by atoms with Crippen LogP contribution in [0.1, 0.15) is 89.5 Å². The lowest BCUT2D eigenvalue weighted by atomic mass is 9.61. The number of pyridine rings is 2. The lowest BCUT2D eigenvalue weighted by Gasteiger charge is -2.42. The number of halogens is 2. The first-order valence-electron chi connectivity index (χ1n) is 20.0. The van der Waals surface area contributed by atoms with E-state index in [0.29, 0.717) is 21.8 Å². The Labute approximate surface area is 338 Å². The SMILES string of the molecule is CC(C)c1ccccc1N(c1cnc2c(c1)c1nc(F)c(F)nc1c1cc(N3c4ccccc4C(C)(C)C(C)(C)c4ccccc43)cnc12)c1ccccc1C(C)C. The van der Waals surface area contributed by atoms with Crippen LogP contribution in [0.5, 0.6) is 0 Å². The number of aromatic nitrogens is 4. The molecule has 4 heterocycles. The molecule has 0 saturated carbocycles. The lowest BCUT2D eigenvalue weighted by Crippen LogP contribution is -2.39. The van der Waals surface area contributed by atoms with Crippen molar-refractivity contribution in [1.29, 1.82) is 0 Å². The Morgan fingerprint density at radius 1 is 0.534 bits per heavy atom. The Balaban J connectivity index is 1.33. The van der Waals surface area contributed by atoms with Gasteiger partial charge in [-0.2, -0.15) is 8.78 Å². The number of fused-ring (bicyclic) bond motifs is 8. The predicted octanol–water partition coefficient (Wildman–Crippen LogP) is 13.8. The Kier molecular flexibility index (Phi) is 8.80. The van der Waals surface area contributed by atoms with E-state index in [1.165, 1.54) is 11.1 Å². The molecule has 0 radical (unpaired) electrons. The highest BCUT2D eigenvalue weighted by atomic mass is 19.2. The average molecular weight is 769 g/mol. The summed E-state index contributed by atoms with van der Waals surface area (Å²) in [5.74, 6) is -2.08. The van der Waals surface area contributed by atoms with E-state index in [4.69, 9.17) is 9.97 Å². The van der Waals surface area contributed by atoms with Crippen LogP contribution in [-0.2, 0) is 10.8 Å². The van der Waals surface area contributed by atoms with Crippen LogP contribution in [0.3, 0.4) is 0 Å². The molecule has 0 unspecified atom stereocenters. The maximum Gasteiger partial charge on any atom is 0.269 e. The number of benzene rings is 5. The van der Waals surface area contributed by atoms with Crippen LogP contribution in [0, 0.1) is 11.9 Å². The van der Waals surface area contributed by atoms with Crippen molar-refractivity contribution in [3.05, 3.63) is 156 Å². The van der Waals surface area contributed by atoms with Gasteiger partial charge in [-0.25, -0.2) is 9.97 Å². The van der Waals surface area contributed by atoms with Gasteiger partial charge in [-0.1, -0.05) is 128 Å². The van der Waals surface area contributed by atoms with Crippen LogP contribution in [0.15, 0.2) is 122 Å². The normalized spacial score (nSPS) is 14.6. The number of hydrogen-bond acceptors (Lipinski definition) is 6. The molecule has 0 atom stereocenters. The minimum atomic E-state index is -1.27. The molecule has 1 aliphatic heterocycles. The molecule has 58 heavy (non-hydrogen) atoms. The van der Waals surface area contributed by atoms with Crippen molar-refractivity contribution in [3.63, 3.8) is 0 Å². The molecule has 0 bridgehead atoms. The standard InChI is InChI=1S/C50H46F2N6/c1-29(2)33-17-9-13-21-39(33)57(40-22-14-10-18-34(40)30(3)4)31-25-35-43(53-27-31)44-36(46-45(35)55-47(51)48(52)56-46)26-32(28-54-44)58-41-23-15-11-19-37(41)49(5,6)50(7,8)38-20-12-16-24-42(38)58/h9-30H,1-8H3. The van der Waals surface area contributed by atoms with E-state index in [-0.39, 0.29) is 33.7 Å². The van der Waals surface area contributed by atoms with Gasteiger partial charge in [0.2, 0.25) is 0 Å². The third-order valence-corrected chi connectivity index (χ3v) is 12.6. The molecule has 0 amide bonds. The van der Waals surface area contributed by atoms with Gasteiger partial charge in [-0.15, -0.1) is 0 Å². The second kappa shape index (κ2) is 13.7. The van der Waals surface area contributed by atoms with Gasteiger partial charge in [-0.3, -0.25) is 9.97 Å². The molecule has 8 heteroatoms. The van der Waals surface area contributed by atoms with Gasteiger partial charge in [0.05, 0.1) is 34.8 Å². The highest BCUT2D eigenvalue weighted by Gasteiger charge is 2.46. The van der Waals surface area contributed by atoms with Crippen molar-refractivity contribution < 1.29 is 8.78 Å². The van der Waals surface area contributed by atoms with Crippen LogP contribution in [0.25, 0.3) is 32.8 Å². The van der Waals surface area contributed by atoms with Crippen molar-refractivity contribution >= 4 is 67.0 Å². The molecule has 9 rings (SSSR count). The fraction of sp³-hybridized carbons (Fsp3) is 0.240. The van der Waals surface area contributed by atoms with Gasteiger partial charge in [0.15, 0.2) is 0 Å². The van der Waals surface area contributed by atoms with Crippen LogP contribution >= 0.6 is 0 Å². The van der Waals surface area contributed by atoms with Crippen LogP contribution in [0.2, 0.25) is 0 Å². The van der Waals surface area contributed by atoms with Crippen molar-refractivity contribution in [3.8, 4) is 0 Å². The maximum absolute atomic E-state index is 15.3. The quantitative estimate of drug-likeness (QED) is 0.157. The third kappa shape index (κ3) is 5.63. The molecule has 0 aliphatic carbocycles. The number of anilines is 6. The summed E-state index contributed by atoms with van der Waals surface area (Å²) in [5, 5.41) is 1.05. The van der Waals surface area contributed by atoms with E-state index in [1.807, 2.05) is 48.8 Å². The van der Waals surface area contributed by atoms with E-state index < -0.39 is 11.9 Å². The topological polar surface area (TPSA) is 58.0 Å². The molecule has 0 N–H and O–H groups in total. The molecule has 5 aromatic carbocycles. The highest BCUT2D eigenvalue weighted by Crippen LogP contribution is 2.55. The van der Waals surface area contributed by atoms with Crippen LogP contribution in [0.4, 0.5) is 42.9 Å². The molecule has 0 saturated heterocycles. The minimum Gasteiger partial charge on any atom is -0.308 e. The molecule has 0 fully saturated rings. The summed E-state index contributed by atoms with van der Waals surface area (Å²) in [5.41, 5.74) is 11.2. The molecule has 290 valence electrons. The van der Waals surface area contributed by atoms with Gasteiger partial charge >= 0.3 is 0 Å². The molecule has 1 aliphatic rings. The van der Waals surface area contributed by atoms with Gasteiger partial charge < -0.3 is 9.80 Å². The van der Waals surface area contributed by atoms with E-state index in [0.717, 1.165) is 45.3 Å². The highest BCUT2D eigenvalue weighted by molar-refractivity contribution is 6.21. The van der Waals surface area contributed by atoms with Gasteiger partial charge in [0, 0.05) is 44.4 Å². The summed E-state index contributed by atoms with van der Waals surface area (Å²) in [6, 6.07) is 37.6. The number of para-hydroxylation sites is 4. The van der Waals surface area contributed by atoms with E-state index >= 15 is 8.78 Å². The summed E-state index contributed by atoms with van der Waals surface area (Å²) in [4.78, 5) is 23.1. The smallest absolute Gasteiger partial charge is 0.269 e. The number of rotatable bonds is 6. The maximum atomic E-state index is 15.3. The van der Waals surface area contributed by atoms with Crippen LogP contribution in [-0.4, -0.2) is 19.9 Å². The van der Waals surface area contributed by atoms with E-state index in [1.54, 1.807) is 0 Å². The fourth-order valence-corrected chi connectivity index (χ4v) is 8.90. The lowest BCUT2D eigenvalue weighted by molar-refractivity contribution is 0.307. The second-order valence-corrected chi connectivity index (χ2v) is 17.1. The average Bonchev–Trinajstić information content (AvgIpc) is 3.27. The summed E-state index contributed by atoms with van der Waals surface area (Å²) in [6.07, 6.45) is 3.69. The Morgan fingerprint density at radius 2 is 0.966 bits per heavy atom.